The highest BCUT2D eigenvalue weighted by Gasteiger charge is 2.14. The van der Waals surface area contributed by atoms with Gasteiger partial charge in [0.15, 0.2) is 0 Å². The van der Waals surface area contributed by atoms with Gasteiger partial charge in [-0.1, -0.05) is 11.6 Å². The number of nitrogens with two attached hydrogens (primary N) is 1. The van der Waals surface area contributed by atoms with Gasteiger partial charge >= 0.3 is 0 Å². The number of thiophene rings is 1. The number of hydrogen-bond acceptors (Lipinski definition) is 4. The SMILES string of the molecule is Cc1nc(CC(N)c2sccc2Cl)sc1C. The smallest absolute Gasteiger partial charge is 0.0950 e. The van der Waals surface area contributed by atoms with Crippen LogP contribution < -0.4 is 5.73 Å². The average Bonchev–Trinajstić information content (AvgIpc) is 2.74. The topological polar surface area (TPSA) is 38.9 Å². The molecule has 1 unspecified atom stereocenters. The van der Waals surface area contributed by atoms with Crippen LogP contribution in [-0.4, -0.2) is 4.98 Å². The van der Waals surface area contributed by atoms with Gasteiger partial charge in [0.05, 0.1) is 15.7 Å². The maximum atomic E-state index is 6.12. The van der Waals surface area contributed by atoms with Gasteiger partial charge in [-0.3, -0.25) is 0 Å². The van der Waals surface area contributed by atoms with E-state index < -0.39 is 0 Å². The summed E-state index contributed by atoms with van der Waals surface area (Å²) in [5.41, 5.74) is 7.23. The second-order valence-corrected chi connectivity index (χ2v) is 6.34. The molecule has 2 nitrogen and oxygen atoms in total. The Bertz CT molecular complexity index is 470. The zero-order valence-corrected chi connectivity index (χ0v) is 11.5. The third kappa shape index (κ3) is 2.46. The van der Waals surface area contributed by atoms with Gasteiger partial charge in [0.25, 0.3) is 0 Å². The van der Waals surface area contributed by atoms with E-state index in [1.807, 2.05) is 18.4 Å². The van der Waals surface area contributed by atoms with Crippen molar-refractivity contribution in [3.63, 3.8) is 0 Å². The lowest BCUT2D eigenvalue weighted by Gasteiger charge is -2.07. The summed E-state index contributed by atoms with van der Waals surface area (Å²) in [5.74, 6) is 0. The lowest BCUT2D eigenvalue weighted by atomic mass is 10.2. The third-order valence-corrected chi connectivity index (χ3v) is 5.03. The number of hydrogen-bond donors (Lipinski definition) is 1. The van der Waals surface area contributed by atoms with Crippen molar-refractivity contribution in [3.8, 4) is 0 Å². The van der Waals surface area contributed by atoms with Crippen molar-refractivity contribution in [3.05, 3.63) is 36.9 Å². The maximum absolute atomic E-state index is 6.12. The van der Waals surface area contributed by atoms with Crippen LogP contribution in [0.5, 0.6) is 0 Å². The Kier molecular flexibility index (Phi) is 3.64. The fourth-order valence-electron chi connectivity index (χ4n) is 1.48. The molecule has 0 aromatic carbocycles. The van der Waals surface area contributed by atoms with Crippen LogP contribution in [0.2, 0.25) is 5.02 Å². The molecule has 0 saturated carbocycles. The van der Waals surface area contributed by atoms with Gasteiger partial charge in [0, 0.05) is 22.2 Å². The second-order valence-electron chi connectivity index (χ2n) is 3.69. The summed E-state index contributed by atoms with van der Waals surface area (Å²) in [4.78, 5) is 6.80. The van der Waals surface area contributed by atoms with Crippen LogP contribution in [0.1, 0.15) is 26.5 Å². The zero-order chi connectivity index (χ0) is 11.7. The molecule has 0 radical (unpaired) electrons. The summed E-state index contributed by atoms with van der Waals surface area (Å²) >= 11 is 9.37. The van der Waals surface area contributed by atoms with E-state index in [9.17, 15) is 0 Å². The number of aryl methyl sites for hydroxylation is 2. The van der Waals surface area contributed by atoms with Gasteiger partial charge in [-0.05, 0) is 25.3 Å². The Hall–Kier alpha value is -0.420. The largest absolute Gasteiger partial charge is 0.323 e. The predicted octanol–water partition coefficient (Wildman–Crippen LogP) is 3.72. The summed E-state index contributed by atoms with van der Waals surface area (Å²) in [5, 5.41) is 3.82. The molecule has 0 aliphatic carbocycles. The van der Waals surface area contributed by atoms with Crippen LogP contribution in [0.3, 0.4) is 0 Å². The minimum Gasteiger partial charge on any atom is -0.323 e. The van der Waals surface area contributed by atoms with Crippen LogP contribution in [0.15, 0.2) is 11.4 Å². The second kappa shape index (κ2) is 4.84. The first-order valence-corrected chi connectivity index (χ1v) is 7.06. The van der Waals surface area contributed by atoms with E-state index in [1.165, 1.54) is 4.88 Å². The molecule has 0 amide bonds. The number of nitrogens with zero attached hydrogens (tertiary/aromatic N) is 1. The van der Waals surface area contributed by atoms with E-state index >= 15 is 0 Å². The zero-order valence-electron chi connectivity index (χ0n) is 9.16. The monoisotopic (exact) mass is 272 g/mol. The molecular weight excluding hydrogens is 260 g/mol. The van der Waals surface area contributed by atoms with E-state index in [-0.39, 0.29) is 6.04 Å². The van der Waals surface area contributed by atoms with E-state index in [1.54, 1.807) is 22.7 Å². The van der Waals surface area contributed by atoms with Crippen LogP contribution in [0.4, 0.5) is 0 Å². The summed E-state index contributed by atoms with van der Waals surface area (Å²) in [6.07, 6.45) is 0.763. The molecule has 16 heavy (non-hydrogen) atoms. The van der Waals surface area contributed by atoms with Crippen LogP contribution in [-0.2, 0) is 6.42 Å². The van der Waals surface area contributed by atoms with Crippen molar-refractivity contribution in [2.75, 3.05) is 0 Å². The predicted molar refractivity (Wildman–Crippen MR) is 71.5 cm³/mol. The van der Waals surface area contributed by atoms with E-state index in [0.29, 0.717) is 0 Å². The van der Waals surface area contributed by atoms with Crippen molar-refractivity contribution in [2.45, 2.75) is 26.3 Å². The molecule has 86 valence electrons. The molecule has 2 N–H and O–H groups in total. The highest BCUT2D eigenvalue weighted by Crippen LogP contribution is 2.30. The highest BCUT2D eigenvalue weighted by molar-refractivity contribution is 7.11. The molecule has 1 atom stereocenters. The number of aromatic nitrogens is 1. The first-order valence-electron chi connectivity index (χ1n) is 4.99. The minimum absolute atomic E-state index is 0.0440. The molecule has 2 rings (SSSR count). The number of halogens is 1. The van der Waals surface area contributed by atoms with Crippen LogP contribution >= 0.6 is 34.3 Å². The Morgan fingerprint density at radius 3 is 2.75 bits per heavy atom. The Labute approximate surface area is 108 Å². The summed E-state index contributed by atoms with van der Waals surface area (Å²) in [6, 6.07) is 1.84. The van der Waals surface area contributed by atoms with Crippen LogP contribution in [0, 0.1) is 13.8 Å². The van der Waals surface area contributed by atoms with E-state index in [4.69, 9.17) is 17.3 Å². The summed E-state index contributed by atoms with van der Waals surface area (Å²) in [7, 11) is 0. The Morgan fingerprint density at radius 2 is 2.25 bits per heavy atom. The summed E-state index contributed by atoms with van der Waals surface area (Å²) < 4.78 is 0. The lowest BCUT2D eigenvalue weighted by molar-refractivity contribution is 0.731. The van der Waals surface area contributed by atoms with Gasteiger partial charge in [-0.2, -0.15) is 0 Å². The quantitative estimate of drug-likeness (QED) is 0.925. The first-order chi connectivity index (χ1) is 7.58. The van der Waals surface area contributed by atoms with Crippen molar-refractivity contribution < 1.29 is 0 Å². The molecular formula is C11H13ClN2S2. The first kappa shape index (κ1) is 12.0. The van der Waals surface area contributed by atoms with Gasteiger partial charge < -0.3 is 5.73 Å². The molecule has 0 aliphatic heterocycles. The molecule has 0 bridgehead atoms. The fourth-order valence-corrected chi connectivity index (χ4v) is 3.67. The minimum atomic E-state index is -0.0440. The van der Waals surface area contributed by atoms with Crippen molar-refractivity contribution >= 4 is 34.3 Å². The lowest BCUT2D eigenvalue weighted by Crippen LogP contribution is -2.12. The standard InChI is InChI=1S/C11H13ClN2S2/c1-6-7(2)16-10(14-6)5-9(13)11-8(12)3-4-15-11/h3-4,9H,5,13H2,1-2H3. The molecule has 2 aromatic rings. The molecule has 0 saturated heterocycles. The number of rotatable bonds is 3. The third-order valence-electron chi connectivity index (χ3n) is 2.45. The van der Waals surface area contributed by atoms with E-state index in [0.717, 1.165) is 27.0 Å². The van der Waals surface area contributed by atoms with Gasteiger partial charge in [0.1, 0.15) is 0 Å². The van der Waals surface area contributed by atoms with Crippen LogP contribution in [0.25, 0.3) is 0 Å². The molecule has 0 aliphatic rings. The number of thiazole rings is 1. The molecule has 5 heteroatoms. The summed E-state index contributed by atoms with van der Waals surface area (Å²) in [6.45, 7) is 4.11. The van der Waals surface area contributed by atoms with E-state index in [2.05, 4.69) is 11.9 Å². The Morgan fingerprint density at radius 1 is 1.50 bits per heavy atom. The highest BCUT2D eigenvalue weighted by atomic mass is 35.5. The normalized spacial score (nSPS) is 13.0. The molecule has 0 spiro atoms. The molecule has 2 aromatic heterocycles. The maximum Gasteiger partial charge on any atom is 0.0950 e. The molecule has 2 heterocycles. The van der Waals surface area contributed by atoms with Crippen molar-refractivity contribution in [1.82, 2.24) is 4.98 Å². The van der Waals surface area contributed by atoms with Gasteiger partial charge in [-0.15, -0.1) is 22.7 Å². The van der Waals surface area contributed by atoms with Crippen molar-refractivity contribution in [1.29, 1.82) is 0 Å². The van der Waals surface area contributed by atoms with Gasteiger partial charge in [0.2, 0.25) is 0 Å². The Balaban J connectivity index is 2.13. The average molecular weight is 273 g/mol. The van der Waals surface area contributed by atoms with Gasteiger partial charge in [-0.25, -0.2) is 4.98 Å². The van der Waals surface area contributed by atoms with Crippen molar-refractivity contribution in [2.24, 2.45) is 5.73 Å². The fraction of sp³-hybridized carbons (Fsp3) is 0.364. The molecule has 0 fully saturated rings.